The highest BCUT2D eigenvalue weighted by molar-refractivity contribution is 6.42. The molecule has 2 heterocycles. The molecule has 0 spiro atoms. The molecule has 3 aromatic rings. The number of nitrogens with one attached hydrogen (secondary N) is 1. The summed E-state index contributed by atoms with van der Waals surface area (Å²) in [5, 5.41) is 4.39. The van der Waals surface area contributed by atoms with Gasteiger partial charge in [-0.1, -0.05) is 29.3 Å². The molecule has 4 rings (SSSR count). The number of hydrogen-bond acceptors (Lipinski definition) is 3. The molecule has 27 heavy (non-hydrogen) atoms. The van der Waals surface area contributed by atoms with E-state index in [2.05, 4.69) is 10.3 Å². The van der Waals surface area contributed by atoms with Crippen molar-refractivity contribution in [2.24, 2.45) is 0 Å². The molecule has 138 valence electrons. The van der Waals surface area contributed by atoms with E-state index in [4.69, 9.17) is 23.2 Å². The Hall–Kier alpha value is -2.37. The van der Waals surface area contributed by atoms with E-state index in [0.29, 0.717) is 33.1 Å². The first-order chi connectivity index (χ1) is 12.9. The number of carbonyl (C=O) groups is 1. The first-order valence-electron chi connectivity index (χ1n) is 8.73. The molecule has 1 amide bonds. The van der Waals surface area contributed by atoms with Gasteiger partial charge in [0.2, 0.25) is 0 Å². The van der Waals surface area contributed by atoms with Crippen molar-refractivity contribution in [3.8, 4) is 0 Å². The third kappa shape index (κ3) is 3.33. The summed E-state index contributed by atoms with van der Waals surface area (Å²) in [6, 6.07) is 10.0. The monoisotopic (exact) mass is 401 g/mol. The van der Waals surface area contributed by atoms with Crippen molar-refractivity contribution >= 4 is 40.0 Å². The van der Waals surface area contributed by atoms with Gasteiger partial charge < -0.3 is 5.32 Å². The van der Waals surface area contributed by atoms with Gasteiger partial charge in [0.25, 0.3) is 11.5 Å². The van der Waals surface area contributed by atoms with Crippen molar-refractivity contribution < 1.29 is 4.79 Å². The van der Waals surface area contributed by atoms with Crippen molar-refractivity contribution in [3.05, 3.63) is 73.7 Å². The van der Waals surface area contributed by atoms with Crippen LogP contribution in [0.1, 0.15) is 41.1 Å². The second kappa shape index (κ2) is 6.98. The van der Waals surface area contributed by atoms with Crippen molar-refractivity contribution in [3.63, 3.8) is 0 Å². The largest absolute Gasteiger partial charge is 0.346 e. The molecular weight excluding hydrogens is 385 g/mol. The zero-order valence-electron chi connectivity index (χ0n) is 14.6. The van der Waals surface area contributed by atoms with Crippen LogP contribution in [0, 0.1) is 0 Å². The lowest BCUT2D eigenvalue weighted by atomic mass is 10.1. The van der Waals surface area contributed by atoms with Gasteiger partial charge in [0, 0.05) is 18.5 Å². The molecule has 1 aliphatic heterocycles. The second-order valence-electron chi connectivity index (χ2n) is 6.69. The highest BCUT2D eigenvalue weighted by Crippen LogP contribution is 2.26. The number of rotatable bonds is 3. The van der Waals surface area contributed by atoms with Crippen LogP contribution in [-0.4, -0.2) is 15.5 Å². The summed E-state index contributed by atoms with van der Waals surface area (Å²) in [6.07, 6.45) is 1.71. The van der Waals surface area contributed by atoms with Crippen molar-refractivity contribution in [2.75, 3.05) is 0 Å². The van der Waals surface area contributed by atoms with Gasteiger partial charge in [-0.2, -0.15) is 0 Å². The summed E-state index contributed by atoms with van der Waals surface area (Å²) in [4.78, 5) is 29.8. The Bertz CT molecular complexity index is 1120. The van der Waals surface area contributed by atoms with Crippen LogP contribution in [0.5, 0.6) is 0 Å². The molecule has 1 atom stereocenters. The van der Waals surface area contributed by atoms with Crippen molar-refractivity contribution in [1.82, 2.24) is 14.9 Å². The summed E-state index contributed by atoms with van der Waals surface area (Å²) < 4.78 is 1.72. The van der Waals surface area contributed by atoms with Crippen LogP contribution in [0.25, 0.3) is 10.9 Å². The molecule has 1 N–H and O–H groups in total. The lowest BCUT2D eigenvalue weighted by Crippen LogP contribution is -2.27. The minimum atomic E-state index is -0.249. The number of amides is 1. The predicted octanol–water partition coefficient (Wildman–Crippen LogP) is 4.14. The molecule has 7 heteroatoms. The second-order valence-corrected chi connectivity index (χ2v) is 7.50. The molecule has 0 aliphatic carbocycles. The summed E-state index contributed by atoms with van der Waals surface area (Å²) in [6.45, 7) is 2.58. The Balaban J connectivity index is 1.61. The van der Waals surface area contributed by atoms with E-state index in [9.17, 15) is 9.59 Å². The topological polar surface area (TPSA) is 64.0 Å². The number of carbonyl (C=O) groups excluding carboxylic acids is 1. The van der Waals surface area contributed by atoms with E-state index in [1.54, 1.807) is 34.9 Å². The fourth-order valence-electron chi connectivity index (χ4n) is 3.37. The molecule has 2 aromatic carbocycles. The van der Waals surface area contributed by atoms with Gasteiger partial charge in [0.05, 0.1) is 27.0 Å². The summed E-state index contributed by atoms with van der Waals surface area (Å²) >= 11 is 12.0. The van der Waals surface area contributed by atoms with Gasteiger partial charge in [0.15, 0.2) is 0 Å². The van der Waals surface area contributed by atoms with Crippen LogP contribution in [0.4, 0.5) is 0 Å². The highest BCUT2D eigenvalue weighted by Gasteiger charge is 2.18. The third-order valence-electron chi connectivity index (χ3n) is 4.87. The average molecular weight is 402 g/mol. The molecule has 0 unspecified atom stereocenters. The highest BCUT2D eigenvalue weighted by atomic mass is 35.5. The van der Waals surface area contributed by atoms with Crippen LogP contribution in [0.2, 0.25) is 10.0 Å². The number of fused-ring (bicyclic) bond motifs is 2. The number of hydrogen-bond donors (Lipinski definition) is 1. The van der Waals surface area contributed by atoms with Crippen molar-refractivity contribution in [1.29, 1.82) is 0 Å². The van der Waals surface area contributed by atoms with Gasteiger partial charge in [-0.3, -0.25) is 14.2 Å². The number of halogens is 2. The Kier molecular flexibility index (Phi) is 4.66. The SMILES string of the molecule is C[C@@H](NC(=O)c1ccc2c(=O)n3c(nc2c1)CCC3)c1ccc(Cl)c(Cl)c1. The van der Waals surface area contributed by atoms with Crippen LogP contribution >= 0.6 is 23.2 Å². The third-order valence-corrected chi connectivity index (χ3v) is 5.61. The van der Waals surface area contributed by atoms with Crippen LogP contribution in [-0.2, 0) is 13.0 Å². The van der Waals surface area contributed by atoms with Gasteiger partial charge in [-0.15, -0.1) is 0 Å². The summed E-state index contributed by atoms with van der Waals surface area (Å²) in [7, 11) is 0. The van der Waals surface area contributed by atoms with Gasteiger partial charge >= 0.3 is 0 Å². The van der Waals surface area contributed by atoms with Gasteiger partial charge in [-0.25, -0.2) is 4.98 Å². The van der Waals surface area contributed by atoms with Gasteiger partial charge in [0.1, 0.15) is 5.82 Å². The average Bonchev–Trinajstić information content (AvgIpc) is 3.12. The molecule has 0 fully saturated rings. The molecule has 1 aliphatic rings. The Morgan fingerprint density at radius 3 is 2.78 bits per heavy atom. The van der Waals surface area contributed by atoms with Gasteiger partial charge in [-0.05, 0) is 49.2 Å². The Morgan fingerprint density at radius 2 is 2.00 bits per heavy atom. The lowest BCUT2D eigenvalue weighted by molar-refractivity contribution is 0.0940. The fourth-order valence-corrected chi connectivity index (χ4v) is 3.68. The standard InChI is InChI=1S/C20H17Cl2N3O2/c1-11(12-5-7-15(21)16(22)9-12)23-19(26)13-4-6-14-17(10-13)24-18-3-2-8-25(18)20(14)27/h4-7,9-11H,2-3,8H2,1H3,(H,23,26)/t11-/m1/s1. The summed E-state index contributed by atoms with van der Waals surface area (Å²) in [5.74, 6) is 0.548. The predicted molar refractivity (Wildman–Crippen MR) is 107 cm³/mol. The Labute approximate surface area is 165 Å². The van der Waals surface area contributed by atoms with E-state index < -0.39 is 0 Å². The number of aromatic nitrogens is 2. The maximum absolute atomic E-state index is 12.7. The quantitative estimate of drug-likeness (QED) is 0.716. The lowest BCUT2D eigenvalue weighted by Gasteiger charge is -2.15. The van der Waals surface area contributed by atoms with Crippen LogP contribution in [0.15, 0.2) is 41.2 Å². The first-order valence-corrected chi connectivity index (χ1v) is 9.49. The number of nitrogens with zero attached hydrogens (tertiary/aromatic N) is 2. The maximum atomic E-state index is 12.7. The fraction of sp³-hybridized carbons (Fsp3) is 0.250. The number of aryl methyl sites for hydroxylation is 1. The normalized spacial score (nSPS) is 14.2. The maximum Gasteiger partial charge on any atom is 0.261 e. The van der Waals surface area contributed by atoms with E-state index in [1.165, 1.54) is 0 Å². The molecule has 0 saturated heterocycles. The molecular formula is C20H17Cl2N3O2. The number of benzene rings is 2. The molecule has 0 radical (unpaired) electrons. The molecule has 0 saturated carbocycles. The van der Waals surface area contributed by atoms with E-state index in [0.717, 1.165) is 24.2 Å². The molecule has 5 nitrogen and oxygen atoms in total. The minimum Gasteiger partial charge on any atom is -0.346 e. The molecule has 1 aromatic heterocycles. The first kappa shape index (κ1) is 18.0. The van der Waals surface area contributed by atoms with E-state index >= 15 is 0 Å². The zero-order valence-corrected chi connectivity index (χ0v) is 16.1. The molecule has 0 bridgehead atoms. The van der Waals surface area contributed by atoms with E-state index in [-0.39, 0.29) is 17.5 Å². The minimum absolute atomic E-state index is 0.0383. The van der Waals surface area contributed by atoms with Crippen LogP contribution < -0.4 is 10.9 Å². The zero-order chi connectivity index (χ0) is 19.1. The Morgan fingerprint density at radius 1 is 1.19 bits per heavy atom. The summed E-state index contributed by atoms with van der Waals surface area (Å²) in [5.41, 5.74) is 1.84. The smallest absolute Gasteiger partial charge is 0.261 e. The van der Waals surface area contributed by atoms with Crippen molar-refractivity contribution in [2.45, 2.75) is 32.4 Å². The van der Waals surface area contributed by atoms with E-state index in [1.807, 2.05) is 13.0 Å². The van der Waals surface area contributed by atoms with Crippen LogP contribution in [0.3, 0.4) is 0 Å².